The van der Waals surface area contributed by atoms with Gasteiger partial charge in [-0.3, -0.25) is 15.0 Å². The first-order valence-electron chi connectivity index (χ1n) is 5.38. The van der Waals surface area contributed by atoms with Crippen LogP contribution < -0.4 is 5.32 Å². The molecule has 5 unspecified atom stereocenters. The Hall–Kier alpha value is -1.26. The maximum atomic E-state index is 11.5. The van der Waals surface area contributed by atoms with Gasteiger partial charge in [0.25, 0.3) is 0 Å². The largest absolute Gasteiger partial charge is 0.394 e. The maximum Gasteiger partial charge on any atom is 0.328 e. The smallest absolute Gasteiger partial charge is 0.328 e. The van der Waals surface area contributed by atoms with Gasteiger partial charge in [-0.25, -0.2) is 4.79 Å². The molecule has 0 aromatic rings. The van der Waals surface area contributed by atoms with Crippen LogP contribution in [0.2, 0.25) is 0 Å². The molecule has 102 valence electrons. The molecule has 0 aromatic carbocycles. The fourth-order valence-corrected chi connectivity index (χ4v) is 2.03. The predicted molar refractivity (Wildman–Crippen MR) is 53.8 cm³/mol. The molecular weight excluding hydrogens is 248 g/mol. The zero-order valence-electron chi connectivity index (χ0n) is 9.26. The van der Waals surface area contributed by atoms with Gasteiger partial charge < -0.3 is 25.2 Å². The second kappa shape index (κ2) is 4.78. The van der Waals surface area contributed by atoms with Crippen LogP contribution in [0, 0.1) is 0 Å². The number of carbonyl (C=O) groups excluding carboxylic acids is 2. The molecule has 3 amide bonds. The van der Waals surface area contributed by atoms with E-state index in [0.29, 0.717) is 0 Å². The maximum absolute atomic E-state index is 11.5. The third kappa shape index (κ3) is 2.06. The molecule has 0 spiro atoms. The predicted octanol–water partition coefficient (Wildman–Crippen LogP) is -3.31. The van der Waals surface area contributed by atoms with Crippen LogP contribution in [0.4, 0.5) is 4.79 Å². The summed E-state index contributed by atoms with van der Waals surface area (Å²) in [6.45, 7) is -0.542. The molecular formula is C9H14N2O7. The number of aliphatic hydroxyl groups is 4. The van der Waals surface area contributed by atoms with Crippen molar-refractivity contribution >= 4 is 11.9 Å². The number of amides is 3. The summed E-state index contributed by atoms with van der Waals surface area (Å²) in [5, 5.41) is 39.8. The quantitative estimate of drug-likeness (QED) is 0.351. The third-order valence-corrected chi connectivity index (χ3v) is 2.96. The molecule has 2 saturated heterocycles. The zero-order chi connectivity index (χ0) is 13.4. The molecule has 9 nitrogen and oxygen atoms in total. The van der Waals surface area contributed by atoms with Gasteiger partial charge in [0.2, 0.25) is 5.91 Å². The highest BCUT2D eigenvalue weighted by Crippen LogP contribution is 2.26. The van der Waals surface area contributed by atoms with E-state index in [-0.39, 0.29) is 6.42 Å². The van der Waals surface area contributed by atoms with Crippen LogP contribution in [0.5, 0.6) is 0 Å². The number of nitrogens with one attached hydrogen (secondary N) is 1. The normalized spacial score (nSPS) is 41.1. The number of ether oxygens (including phenoxy) is 1. The first kappa shape index (κ1) is 13.2. The second-order valence-electron chi connectivity index (χ2n) is 4.17. The van der Waals surface area contributed by atoms with Gasteiger partial charge in [0.05, 0.1) is 13.0 Å². The number of hydrogen-bond acceptors (Lipinski definition) is 7. The van der Waals surface area contributed by atoms with Crippen molar-refractivity contribution in [2.24, 2.45) is 0 Å². The number of nitrogens with zero attached hydrogens (tertiary/aromatic N) is 1. The lowest BCUT2D eigenvalue weighted by Crippen LogP contribution is -2.61. The van der Waals surface area contributed by atoms with E-state index >= 15 is 0 Å². The van der Waals surface area contributed by atoms with Gasteiger partial charge in [-0.2, -0.15) is 0 Å². The van der Waals surface area contributed by atoms with Crippen LogP contribution in [0.15, 0.2) is 0 Å². The van der Waals surface area contributed by atoms with Crippen molar-refractivity contribution in [1.29, 1.82) is 0 Å². The lowest BCUT2D eigenvalue weighted by molar-refractivity contribution is -0.150. The highest BCUT2D eigenvalue weighted by Gasteiger charge is 2.49. The zero-order valence-corrected chi connectivity index (χ0v) is 9.26. The fraction of sp³-hybridized carbons (Fsp3) is 0.778. The Morgan fingerprint density at radius 3 is 2.44 bits per heavy atom. The van der Waals surface area contributed by atoms with Crippen molar-refractivity contribution in [3.05, 3.63) is 0 Å². The highest BCUT2D eigenvalue weighted by atomic mass is 16.6. The van der Waals surface area contributed by atoms with Crippen LogP contribution >= 0.6 is 0 Å². The minimum atomic E-state index is -1.48. The molecule has 2 rings (SSSR count). The van der Waals surface area contributed by atoms with Gasteiger partial charge in [-0.15, -0.1) is 0 Å². The molecule has 18 heavy (non-hydrogen) atoms. The van der Waals surface area contributed by atoms with Crippen LogP contribution in [-0.2, 0) is 9.53 Å². The molecule has 0 radical (unpaired) electrons. The van der Waals surface area contributed by atoms with Crippen molar-refractivity contribution in [2.75, 3.05) is 6.61 Å². The number of hydrogen-bond donors (Lipinski definition) is 5. The van der Waals surface area contributed by atoms with Crippen LogP contribution in [-0.4, -0.2) is 74.6 Å². The summed E-state index contributed by atoms with van der Waals surface area (Å²) in [5.41, 5.74) is 0. The highest BCUT2D eigenvalue weighted by molar-refractivity contribution is 5.97. The van der Waals surface area contributed by atoms with Crippen molar-refractivity contribution in [3.8, 4) is 0 Å². The Kier molecular flexibility index (Phi) is 3.50. The van der Waals surface area contributed by atoms with Crippen molar-refractivity contribution in [1.82, 2.24) is 10.2 Å². The van der Waals surface area contributed by atoms with Crippen LogP contribution in [0.3, 0.4) is 0 Å². The van der Waals surface area contributed by atoms with Gasteiger partial charge in [0.15, 0.2) is 6.23 Å². The van der Waals surface area contributed by atoms with Gasteiger partial charge in [0.1, 0.15) is 24.5 Å². The minimum Gasteiger partial charge on any atom is -0.394 e. The van der Waals surface area contributed by atoms with Gasteiger partial charge in [-0.1, -0.05) is 0 Å². The van der Waals surface area contributed by atoms with E-state index in [2.05, 4.69) is 0 Å². The monoisotopic (exact) mass is 262 g/mol. The van der Waals surface area contributed by atoms with Gasteiger partial charge >= 0.3 is 6.03 Å². The number of aliphatic hydroxyl groups excluding tert-OH is 4. The summed E-state index contributed by atoms with van der Waals surface area (Å²) in [6.07, 6.45) is -7.02. The van der Waals surface area contributed by atoms with E-state index in [1.165, 1.54) is 0 Å². The topological polar surface area (TPSA) is 140 Å². The Bertz CT molecular complexity index is 363. The lowest BCUT2D eigenvalue weighted by atomic mass is 10.1. The van der Waals surface area contributed by atoms with E-state index in [4.69, 9.17) is 9.84 Å². The minimum absolute atomic E-state index is 0.349. The fourth-order valence-electron chi connectivity index (χ4n) is 2.03. The summed E-state index contributed by atoms with van der Waals surface area (Å²) < 4.78 is 5.09. The summed E-state index contributed by atoms with van der Waals surface area (Å²) in [7, 11) is 0. The molecule has 9 heteroatoms. The van der Waals surface area contributed by atoms with Crippen molar-refractivity contribution in [3.63, 3.8) is 0 Å². The molecule has 0 aromatic heterocycles. The first-order chi connectivity index (χ1) is 8.45. The van der Waals surface area contributed by atoms with E-state index in [9.17, 15) is 24.9 Å². The molecule has 5 atom stereocenters. The van der Waals surface area contributed by atoms with E-state index in [1.54, 1.807) is 0 Å². The summed E-state index contributed by atoms with van der Waals surface area (Å²) in [4.78, 5) is 23.3. The summed E-state index contributed by atoms with van der Waals surface area (Å²) >= 11 is 0. The number of imide groups is 1. The third-order valence-electron chi connectivity index (χ3n) is 2.96. The molecule has 5 N–H and O–H groups in total. The molecule has 2 heterocycles. The summed E-state index contributed by atoms with van der Waals surface area (Å²) in [6, 6.07) is -0.923. The van der Waals surface area contributed by atoms with E-state index < -0.39 is 49.3 Å². The number of rotatable bonds is 2. The number of carbonyl (C=O) groups is 2. The van der Waals surface area contributed by atoms with Crippen molar-refractivity contribution in [2.45, 2.75) is 37.2 Å². The van der Waals surface area contributed by atoms with E-state index in [0.717, 1.165) is 4.90 Å². The SMILES string of the molecule is O=C1CC(O)N(C2OC(CO)C(O)C2O)C(=O)N1. The molecule has 0 aliphatic carbocycles. The van der Waals surface area contributed by atoms with Crippen molar-refractivity contribution < 1.29 is 34.8 Å². The first-order valence-corrected chi connectivity index (χ1v) is 5.38. The van der Waals surface area contributed by atoms with Crippen LogP contribution in [0.25, 0.3) is 0 Å². The Morgan fingerprint density at radius 2 is 1.94 bits per heavy atom. The second-order valence-corrected chi connectivity index (χ2v) is 4.17. The molecule has 0 bridgehead atoms. The van der Waals surface area contributed by atoms with Crippen LogP contribution in [0.1, 0.15) is 6.42 Å². The molecule has 2 fully saturated rings. The Labute approximate surface area is 102 Å². The van der Waals surface area contributed by atoms with Gasteiger partial charge in [-0.05, 0) is 0 Å². The molecule has 2 aliphatic rings. The number of urea groups is 1. The standard InChI is InChI=1S/C9H14N2O7/c12-2-3-6(15)7(16)8(18-3)11-5(14)1-4(13)10-9(11)17/h3,5-8,12,14-16H,1-2H2,(H,10,13,17). The Balaban J connectivity index is 2.16. The molecule has 0 saturated carbocycles. The Morgan fingerprint density at radius 1 is 1.28 bits per heavy atom. The summed E-state index contributed by atoms with van der Waals surface area (Å²) in [5.74, 6) is -0.643. The average molecular weight is 262 g/mol. The van der Waals surface area contributed by atoms with E-state index in [1.807, 2.05) is 5.32 Å². The van der Waals surface area contributed by atoms with Gasteiger partial charge in [0, 0.05) is 0 Å². The lowest BCUT2D eigenvalue weighted by Gasteiger charge is -2.36. The average Bonchev–Trinajstić information content (AvgIpc) is 2.56. The molecule has 2 aliphatic heterocycles.